The molecule has 0 aliphatic carbocycles. The topological polar surface area (TPSA) is 76.5 Å². The summed E-state index contributed by atoms with van der Waals surface area (Å²) < 4.78 is 7.29. The number of carbonyl (C=O) groups excluding carboxylic acids is 2. The molecule has 0 radical (unpaired) electrons. The molecule has 7 nitrogen and oxygen atoms in total. The van der Waals surface area contributed by atoms with Crippen molar-refractivity contribution in [3.05, 3.63) is 105 Å². The van der Waals surface area contributed by atoms with E-state index in [2.05, 4.69) is 5.32 Å². The van der Waals surface area contributed by atoms with Crippen LogP contribution in [-0.2, 0) is 10.3 Å². The van der Waals surface area contributed by atoms with Crippen LogP contribution in [0, 0.1) is 6.92 Å². The van der Waals surface area contributed by atoms with E-state index in [1.54, 1.807) is 39.9 Å². The summed E-state index contributed by atoms with van der Waals surface area (Å²) >= 11 is 18.9. The van der Waals surface area contributed by atoms with E-state index < -0.39 is 17.2 Å². The van der Waals surface area contributed by atoms with E-state index >= 15 is 0 Å². The van der Waals surface area contributed by atoms with Crippen molar-refractivity contribution in [1.29, 1.82) is 0 Å². The van der Waals surface area contributed by atoms with E-state index in [-0.39, 0.29) is 5.91 Å². The monoisotopic (exact) mass is 638 g/mol. The number of amides is 2. The zero-order valence-corrected chi connectivity index (χ0v) is 26.7. The van der Waals surface area contributed by atoms with Crippen LogP contribution in [0.4, 0.5) is 4.79 Å². The molecule has 2 amide bonds. The van der Waals surface area contributed by atoms with Crippen molar-refractivity contribution in [2.75, 3.05) is 13.1 Å². The summed E-state index contributed by atoms with van der Waals surface area (Å²) in [6, 6.07) is 22.3. The van der Waals surface area contributed by atoms with Gasteiger partial charge in [0.25, 0.3) is 5.91 Å². The van der Waals surface area contributed by atoms with E-state index in [0.717, 1.165) is 16.8 Å². The lowest BCUT2D eigenvalue weighted by molar-refractivity contribution is 0.0368. The summed E-state index contributed by atoms with van der Waals surface area (Å²) in [5, 5.41) is 9.44. The molecule has 4 aromatic rings. The quantitative estimate of drug-likeness (QED) is 0.238. The minimum Gasteiger partial charge on any atom is -0.444 e. The van der Waals surface area contributed by atoms with Gasteiger partial charge in [-0.3, -0.25) is 4.79 Å². The standard InChI is InChI=1S/C33H33Cl3N4O3/c1-21-28(38-40(27-15-14-25(35)20-26(27)36)29(21)22-10-12-24(34)13-11-22)30(41)39-18-16-33(17-19-39,23-8-6-5-7-9-23)37-31(42)43-32(2,3)4/h5-15,20H,16-19H2,1-4H3,(H,37,42). The number of halogens is 3. The maximum atomic E-state index is 14.1. The first-order valence-electron chi connectivity index (χ1n) is 14.0. The van der Waals surface area contributed by atoms with Crippen LogP contribution >= 0.6 is 34.8 Å². The molecule has 1 fully saturated rings. The number of rotatable bonds is 5. The second-order valence-corrected chi connectivity index (χ2v) is 13.0. The van der Waals surface area contributed by atoms with Gasteiger partial charge in [0.15, 0.2) is 5.69 Å². The van der Waals surface area contributed by atoms with Crippen LogP contribution in [0.1, 0.15) is 55.2 Å². The molecule has 1 aromatic heterocycles. The predicted molar refractivity (Wildman–Crippen MR) is 171 cm³/mol. The van der Waals surface area contributed by atoms with Crippen LogP contribution in [0.5, 0.6) is 0 Å². The van der Waals surface area contributed by atoms with Gasteiger partial charge in [-0.15, -0.1) is 0 Å². The van der Waals surface area contributed by atoms with Crippen molar-refractivity contribution >= 4 is 46.8 Å². The van der Waals surface area contributed by atoms with Gasteiger partial charge in [0.05, 0.1) is 21.9 Å². The Hall–Kier alpha value is -3.52. The Balaban J connectivity index is 1.47. The number of likely N-dealkylation sites (tertiary alicyclic amines) is 1. The molecule has 0 unspecified atom stereocenters. The summed E-state index contributed by atoms with van der Waals surface area (Å²) in [5.41, 5.74) is 2.85. The third-order valence-electron chi connectivity index (χ3n) is 7.55. The second kappa shape index (κ2) is 12.2. The molecule has 43 heavy (non-hydrogen) atoms. The highest BCUT2D eigenvalue weighted by Crippen LogP contribution is 2.36. The largest absolute Gasteiger partial charge is 0.444 e. The fraction of sp³-hybridized carbons (Fsp3) is 0.303. The lowest BCUT2D eigenvalue weighted by Crippen LogP contribution is -2.55. The Morgan fingerprint density at radius 2 is 1.53 bits per heavy atom. The number of nitrogens with zero attached hydrogens (tertiary/aromatic N) is 3. The third kappa shape index (κ3) is 6.69. The number of hydrogen-bond donors (Lipinski definition) is 1. The molecule has 0 spiro atoms. The maximum absolute atomic E-state index is 14.1. The van der Waals surface area contributed by atoms with Crippen LogP contribution < -0.4 is 5.32 Å². The van der Waals surface area contributed by atoms with Crippen LogP contribution in [-0.4, -0.2) is 45.4 Å². The number of benzene rings is 3. The molecule has 10 heteroatoms. The summed E-state index contributed by atoms with van der Waals surface area (Å²) in [6.07, 6.45) is 0.530. The molecule has 2 heterocycles. The fourth-order valence-corrected chi connectivity index (χ4v) is 6.07. The van der Waals surface area contributed by atoms with Gasteiger partial charge in [0.1, 0.15) is 5.60 Å². The first-order valence-corrected chi connectivity index (χ1v) is 15.2. The highest BCUT2D eigenvalue weighted by molar-refractivity contribution is 6.35. The molecular weight excluding hydrogens is 607 g/mol. The van der Waals surface area contributed by atoms with E-state index in [0.29, 0.717) is 57.9 Å². The molecule has 224 valence electrons. The molecule has 1 N–H and O–H groups in total. The summed E-state index contributed by atoms with van der Waals surface area (Å²) in [4.78, 5) is 28.8. The van der Waals surface area contributed by atoms with Crippen LogP contribution in [0.2, 0.25) is 15.1 Å². The Bertz CT molecular complexity index is 1640. The molecule has 1 aliphatic heterocycles. The van der Waals surface area contributed by atoms with Crippen LogP contribution in [0.3, 0.4) is 0 Å². The highest BCUT2D eigenvalue weighted by Gasteiger charge is 2.40. The summed E-state index contributed by atoms with van der Waals surface area (Å²) in [7, 11) is 0. The average molecular weight is 640 g/mol. The summed E-state index contributed by atoms with van der Waals surface area (Å²) in [5.74, 6) is -0.199. The van der Waals surface area contributed by atoms with Gasteiger partial charge in [0.2, 0.25) is 0 Å². The molecule has 3 aromatic carbocycles. The van der Waals surface area contributed by atoms with Gasteiger partial charge in [-0.05, 0) is 76.4 Å². The van der Waals surface area contributed by atoms with Crippen LogP contribution in [0.15, 0.2) is 72.8 Å². The zero-order chi connectivity index (χ0) is 30.9. The van der Waals surface area contributed by atoms with Crippen LogP contribution in [0.25, 0.3) is 16.9 Å². The molecule has 5 rings (SSSR count). The Morgan fingerprint density at radius 3 is 2.14 bits per heavy atom. The predicted octanol–water partition coefficient (Wildman–Crippen LogP) is 8.46. The Labute approximate surface area is 266 Å². The van der Waals surface area contributed by atoms with Gasteiger partial charge < -0.3 is 15.0 Å². The highest BCUT2D eigenvalue weighted by atomic mass is 35.5. The first kappa shape index (κ1) is 30.9. The number of ether oxygens (including phenoxy) is 1. The van der Waals surface area contributed by atoms with Crippen molar-refractivity contribution in [3.63, 3.8) is 0 Å². The number of alkyl carbamates (subject to hydrolysis) is 1. The van der Waals surface area contributed by atoms with E-state index in [9.17, 15) is 9.59 Å². The number of aromatic nitrogens is 2. The average Bonchev–Trinajstić information content (AvgIpc) is 3.29. The van der Waals surface area contributed by atoms with E-state index in [1.807, 2.05) is 70.2 Å². The van der Waals surface area contributed by atoms with Gasteiger partial charge in [-0.2, -0.15) is 5.10 Å². The van der Waals surface area contributed by atoms with Gasteiger partial charge in [-0.25, -0.2) is 9.48 Å². The third-order valence-corrected chi connectivity index (χ3v) is 8.34. The Kier molecular flexibility index (Phi) is 8.80. The van der Waals surface area contributed by atoms with Crippen molar-refractivity contribution in [2.24, 2.45) is 0 Å². The normalized spacial score (nSPS) is 14.8. The van der Waals surface area contributed by atoms with Crippen molar-refractivity contribution in [1.82, 2.24) is 20.0 Å². The smallest absolute Gasteiger partial charge is 0.408 e. The van der Waals surface area contributed by atoms with Crippen molar-refractivity contribution in [2.45, 2.75) is 51.7 Å². The lowest BCUT2D eigenvalue weighted by Gasteiger charge is -2.42. The molecule has 1 saturated heterocycles. The zero-order valence-electron chi connectivity index (χ0n) is 24.5. The molecule has 0 bridgehead atoms. The van der Waals surface area contributed by atoms with Gasteiger partial charge >= 0.3 is 6.09 Å². The second-order valence-electron chi connectivity index (χ2n) is 11.7. The van der Waals surface area contributed by atoms with Crippen molar-refractivity contribution < 1.29 is 14.3 Å². The number of piperidine rings is 1. The van der Waals surface area contributed by atoms with E-state index in [4.69, 9.17) is 44.6 Å². The summed E-state index contributed by atoms with van der Waals surface area (Å²) in [6.45, 7) is 8.20. The molecule has 0 saturated carbocycles. The number of nitrogens with one attached hydrogen (secondary N) is 1. The molecule has 1 aliphatic rings. The van der Waals surface area contributed by atoms with E-state index in [1.165, 1.54) is 0 Å². The SMILES string of the molecule is Cc1c(C(=O)N2CCC(NC(=O)OC(C)(C)C)(c3ccccc3)CC2)nn(-c2ccc(Cl)cc2Cl)c1-c1ccc(Cl)cc1. The minimum absolute atomic E-state index is 0.199. The molecule has 0 atom stereocenters. The first-order chi connectivity index (χ1) is 20.4. The molecular formula is C33H33Cl3N4O3. The Morgan fingerprint density at radius 1 is 0.907 bits per heavy atom. The number of carbonyl (C=O) groups is 2. The fourth-order valence-electron chi connectivity index (χ4n) is 5.46. The number of hydrogen-bond acceptors (Lipinski definition) is 4. The minimum atomic E-state index is -0.680. The van der Waals surface area contributed by atoms with Gasteiger partial charge in [0, 0.05) is 34.3 Å². The lowest BCUT2D eigenvalue weighted by atomic mass is 9.81. The van der Waals surface area contributed by atoms with Crippen molar-refractivity contribution in [3.8, 4) is 16.9 Å². The van der Waals surface area contributed by atoms with Gasteiger partial charge in [-0.1, -0.05) is 77.3 Å². The maximum Gasteiger partial charge on any atom is 0.408 e.